The average Bonchev–Trinajstić information content (AvgIpc) is 2.59. The summed E-state index contributed by atoms with van der Waals surface area (Å²) in [5.41, 5.74) is 0.513. The third-order valence-corrected chi connectivity index (χ3v) is 3.53. The summed E-state index contributed by atoms with van der Waals surface area (Å²) in [6.07, 6.45) is -4.81. The molecule has 0 atom stereocenters. The van der Waals surface area contributed by atoms with Crippen LogP contribution in [0.2, 0.25) is 0 Å². The molecule has 0 aliphatic rings. The number of para-hydroxylation sites is 1. The molecule has 0 unspecified atom stereocenters. The smallest absolute Gasteiger partial charge is 0.493 e. The second kappa shape index (κ2) is 8.43. The van der Waals surface area contributed by atoms with Crippen LogP contribution in [-0.2, 0) is 11.2 Å². The molecule has 0 heterocycles. The maximum atomic E-state index is 12.5. The molecular weight excluding hydrogens is 367 g/mol. The van der Waals surface area contributed by atoms with Crippen LogP contribution in [0.15, 0.2) is 42.5 Å². The molecule has 2 aromatic carbocycles. The van der Waals surface area contributed by atoms with Crippen LogP contribution in [0.25, 0.3) is 0 Å². The number of nitrogens with one attached hydrogen (secondary N) is 1. The number of hydrogen-bond donors (Lipinski definition) is 2. The third-order valence-electron chi connectivity index (χ3n) is 3.53. The maximum absolute atomic E-state index is 12.5. The Hall–Kier alpha value is -3.23. The first-order valence-electron chi connectivity index (χ1n) is 7.74. The summed E-state index contributed by atoms with van der Waals surface area (Å²) in [7, 11) is 1.21. The van der Waals surface area contributed by atoms with E-state index in [1.54, 1.807) is 6.07 Å². The molecule has 0 aliphatic heterocycles. The number of carboxylic acids is 1. The number of methoxy groups -OCH3 is 1. The van der Waals surface area contributed by atoms with Crippen molar-refractivity contribution in [3.8, 4) is 11.5 Å². The molecule has 9 heteroatoms. The van der Waals surface area contributed by atoms with E-state index in [-0.39, 0.29) is 29.8 Å². The Morgan fingerprint density at radius 2 is 1.81 bits per heavy atom. The minimum absolute atomic E-state index is 0.0591. The number of anilines is 1. The Morgan fingerprint density at radius 3 is 2.44 bits per heavy atom. The number of aromatic carboxylic acids is 1. The standard InChI is InChI=1S/C18H16F3NO5/c1-26-14-8-6-11(10-15(14)27-18(19,20)21)7-9-16(23)22-13-5-3-2-4-12(13)17(24)25/h2-6,8,10H,7,9H2,1H3,(H,22,23)(H,24,25). The number of ether oxygens (including phenoxy) is 2. The van der Waals surface area contributed by atoms with Gasteiger partial charge >= 0.3 is 12.3 Å². The van der Waals surface area contributed by atoms with Crippen molar-refractivity contribution in [2.45, 2.75) is 19.2 Å². The molecule has 0 aromatic heterocycles. The number of hydrogen-bond acceptors (Lipinski definition) is 4. The van der Waals surface area contributed by atoms with Gasteiger partial charge in [0.05, 0.1) is 18.4 Å². The molecule has 0 spiro atoms. The molecule has 0 bridgehead atoms. The second-order valence-corrected chi connectivity index (χ2v) is 5.43. The lowest BCUT2D eigenvalue weighted by atomic mass is 10.1. The SMILES string of the molecule is COc1ccc(CCC(=O)Nc2ccccc2C(=O)O)cc1OC(F)(F)F. The lowest BCUT2D eigenvalue weighted by Crippen LogP contribution is -2.18. The van der Waals surface area contributed by atoms with Gasteiger partial charge in [-0.15, -0.1) is 13.2 Å². The molecule has 0 aliphatic carbocycles. The van der Waals surface area contributed by atoms with E-state index in [1.807, 2.05) is 0 Å². The van der Waals surface area contributed by atoms with Crippen LogP contribution in [0.1, 0.15) is 22.3 Å². The highest BCUT2D eigenvalue weighted by Gasteiger charge is 2.32. The van der Waals surface area contributed by atoms with Crippen molar-refractivity contribution in [3.05, 3.63) is 53.6 Å². The quantitative estimate of drug-likeness (QED) is 0.758. The van der Waals surface area contributed by atoms with E-state index in [1.165, 1.54) is 37.4 Å². The van der Waals surface area contributed by atoms with Gasteiger partial charge in [-0.2, -0.15) is 0 Å². The molecule has 2 aromatic rings. The van der Waals surface area contributed by atoms with E-state index in [9.17, 15) is 22.8 Å². The topological polar surface area (TPSA) is 84.9 Å². The summed E-state index contributed by atoms with van der Waals surface area (Å²) in [6, 6.07) is 9.87. The van der Waals surface area contributed by atoms with Crippen LogP contribution in [0.4, 0.5) is 18.9 Å². The monoisotopic (exact) mass is 383 g/mol. The Morgan fingerprint density at radius 1 is 1.11 bits per heavy atom. The summed E-state index contributed by atoms with van der Waals surface area (Å²) >= 11 is 0. The predicted octanol–water partition coefficient (Wildman–Crippen LogP) is 3.86. The molecule has 0 radical (unpaired) electrons. The van der Waals surface area contributed by atoms with Crippen LogP contribution in [0, 0.1) is 0 Å². The van der Waals surface area contributed by atoms with Gasteiger partial charge < -0.3 is 19.9 Å². The van der Waals surface area contributed by atoms with E-state index in [4.69, 9.17) is 9.84 Å². The van der Waals surface area contributed by atoms with Crippen molar-refractivity contribution in [3.63, 3.8) is 0 Å². The van der Waals surface area contributed by atoms with Crippen LogP contribution in [0.5, 0.6) is 11.5 Å². The van der Waals surface area contributed by atoms with Crippen LogP contribution >= 0.6 is 0 Å². The molecule has 0 fully saturated rings. The fourth-order valence-corrected chi connectivity index (χ4v) is 2.33. The molecule has 2 N–H and O–H groups in total. The van der Waals surface area contributed by atoms with E-state index < -0.39 is 24.0 Å². The summed E-state index contributed by atoms with van der Waals surface area (Å²) in [5.74, 6) is -2.25. The first-order chi connectivity index (χ1) is 12.7. The minimum atomic E-state index is -4.87. The minimum Gasteiger partial charge on any atom is -0.493 e. The van der Waals surface area contributed by atoms with Crippen molar-refractivity contribution < 1.29 is 37.3 Å². The molecule has 0 saturated heterocycles. The van der Waals surface area contributed by atoms with E-state index >= 15 is 0 Å². The van der Waals surface area contributed by atoms with E-state index in [2.05, 4.69) is 10.1 Å². The molecule has 27 heavy (non-hydrogen) atoms. The van der Waals surface area contributed by atoms with Gasteiger partial charge in [-0.05, 0) is 36.2 Å². The molecule has 0 saturated carbocycles. The first-order valence-corrected chi connectivity index (χ1v) is 7.74. The highest BCUT2D eigenvalue weighted by atomic mass is 19.4. The van der Waals surface area contributed by atoms with Crippen LogP contribution in [0.3, 0.4) is 0 Å². The van der Waals surface area contributed by atoms with Crippen molar-refractivity contribution in [2.24, 2.45) is 0 Å². The van der Waals surface area contributed by atoms with Crippen molar-refractivity contribution in [1.82, 2.24) is 0 Å². The van der Waals surface area contributed by atoms with Gasteiger partial charge in [-0.1, -0.05) is 18.2 Å². The lowest BCUT2D eigenvalue weighted by Gasteiger charge is -2.14. The fraction of sp³-hybridized carbons (Fsp3) is 0.222. The van der Waals surface area contributed by atoms with Gasteiger partial charge in [0.25, 0.3) is 0 Å². The molecular formula is C18H16F3NO5. The van der Waals surface area contributed by atoms with Crippen molar-refractivity contribution in [2.75, 3.05) is 12.4 Å². The van der Waals surface area contributed by atoms with E-state index in [0.717, 1.165) is 6.07 Å². The zero-order chi connectivity index (χ0) is 20.0. The number of carbonyl (C=O) groups is 2. The summed E-state index contributed by atoms with van der Waals surface area (Å²) in [5, 5.41) is 11.6. The fourth-order valence-electron chi connectivity index (χ4n) is 2.33. The largest absolute Gasteiger partial charge is 0.573 e. The highest BCUT2D eigenvalue weighted by Crippen LogP contribution is 2.33. The van der Waals surface area contributed by atoms with Crippen molar-refractivity contribution in [1.29, 1.82) is 0 Å². The van der Waals surface area contributed by atoms with E-state index in [0.29, 0.717) is 5.56 Å². The number of aryl methyl sites for hydroxylation is 1. The number of amides is 1. The second-order valence-electron chi connectivity index (χ2n) is 5.43. The highest BCUT2D eigenvalue weighted by molar-refractivity contribution is 6.00. The van der Waals surface area contributed by atoms with Gasteiger partial charge in [0.2, 0.25) is 5.91 Å². The molecule has 2 rings (SSSR count). The zero-order valence-electron chi connectivity index (χ0n) is 14.2. The third kappa shape index (κ3) is 5.91. The Labute approximate surface area is 152 Å². The Bertz CT molecular complexity index is 836. The number of rotatable bonds is 7. The van der Waals surface area contributed by atoms with Gasteiger partial charge in [0, 0.05) is 6.42 Å². The summed E-state index contributed by atoms with van der Waals surface area (Å²) in [4.78, 5) is 23.2. The summed E-state index contributed by atoms with van der Waals surface area (Å²) in [6.45, 7) is 0. The van der Waals surface area contributed by atoms with Crippen molar-refractivity contribution >= 4 is 17.6 Å². The maximum Gasteiger partial charge on any atom is 0.573 e. The zero-order valence-corrected chi connectivity index (χ0v) is 14.2. The summed E-state index contributed by atoms with van der Waals surface area (Å²) < 4.78 is 46.1. The predicted molar refractivity (Wildman–Crippen MR) is 90.0 cm³/mol. The number of alkyl halides is 3. The normalized spacial score (nSPS) is 11.0. The van der Waals surface area contributed by atoms with Gasteiger partial charge in [0.1, 0.15) is 0 Å². The number of halogens is 3. The number of carbonyl (C=O) groups excluding carboxylic acids is 1. The molecule has 1 amide bonds. The number of benzene rings is 2. The Kier molecular flexibility index (Phi) is 6.27. The molecule has 144 valence electrons. The Balaban J connectivity index is 2.05. The van der Waals surface area contributed by atoms with Crippen LogP contribution < -0.4 is 14.8 Å². The molecule has 6 nitrogen and oxygen atoms in total. The number of carboxylic acid groups (broad SMARTS) is 1. The average molecular weight is 383 g/mol. The first kappa shape index (κ1) is 20.1. The van der Waals surface area contributed by atoms with Gasteiger partial charge in [0.15, 0.2) is 11.5 Å². The van der Waals surface area contributed by atoms with Gasteiger partial charge in [-0.25, -0.2) is 4.79 Å². The lowest BCUT2D eigenvalue weighted by molar-refractivity contribution is -0.275. The van der Waals surface area contributed by atoms with Gasteiger partial charge in [-0.3, -0.25) is 4.79 Å². The van der Waals surface area contributed by atoms with Crippen LogP contribution in [-0.4, -0.2) is 30.5 Å².